The van der Waals surface area contributed by atoms with E-state index in [0.717, 1.165) is 18.8 Å². The van der Waals surface area contributed by atoms with Gasteiger partial charge in [-0.05, 0) is 66.4 Å². The highest BCUT2D eigenvalue weighted by Crippen LogP contribution is 2.30. The lowest BCUT2D eigenvalue weighted by molar-refractivity contribution is 0.303. The van der Waals surface area contributed by atoms with E-state index >= 15 is 0 Å². The zero-order chi connectivity index (χ0) is 21.9. The number of methoxy groups -OCH3 is 1. The van der Waals surface area contributed by atoms with Gasteiger partial charge >= 0.3 is 0 Å². The van der Waals surface area contributed by atoms with E-state index in [0.29, 0.717) is 12.1 Å². The lowest BCUT2D eigenvalue weighted by atomic mass is 9.92. The third-order valence-electron chi connectivity index (χ3n) is 6.67. The molecular formula is C28H33Cl2N3O. The van der Waals surface area contributed by atoms with Gasteiger partial charge in [0.15, 0.2) is 0 Å². The number of aryl methyl sites for hydroxylation is 1. The number of benzene rings is 3. The number of aromatic nitrogens is 1. The molecule has 4 aromatic rings. The first kappa shape index (κ1) is 26.1. The second kappa shape index (κ2) is 11.8. The highest BCUT2D eigenvalue weighted by Gasteiger charge is 2.25. The second-order valence-electron chi connectivity index (χ2n) is 8.70. The fraction of sp³-hybridized carbons (Fsp3) is 0.286. The van der Waals surface area contributed by atoms with Gasteiger partial charge in [0, 0.05) is 48.3 Å². The molecule has 0 amide bonds. The van der Waals surface area contributed by atoms with Gasteiger partial charge in [0.05, 0.1) is 7.11 Å². The van der Waals surface area contributed by atoms with Crippen molar-refractivity contribution in [3.05, 3.63) is 90.1 Å². The van der Waals surface area contributed by atoms with Gasteiger partial charge in [0.2, 0.25) is 0 Å². The molecule has 180 valence electrons. The van der Waals surface area contributed by atoms with Gasteiger partial charge in [-0.25, -0.2) is 0 Å². The van der Waals surface area contributed by atoms with Gasteiger partial charge < -0.3 is 19.9 Å². The van der Waals surface area contributed by atoms with Gasteiger partial charge in [-0.15, -0.1) is 24.8 Å². The van der Waals surface area contributed by atoms with E-state index in [2.05, 4.69) is 101 Å². The van der Waals surface area contributed by atoms with Crippen LogP contribution in [0.3, 0.4) is 0 Å². The van der Waals surface area contributed by atoms with Gasteiger partial charge in [-0.3, -0.25) is 0 Å². The van der Waals surface area contributed by atoms with Crippen molar-refractivity contribution in [3.63, 3.8) is 0 Å². The number of rotatable bonds is 6. The lowest BCUT2D eigenvalue weighted by Crippen LogP contribution is -2.45. The highest BCUT2D eigenvalue weighted by molar-refractivity contribution is 5.86. The van der Waals surface area contributed by atoms with Crippen LogP contribution in [0.5, 0.6) is 5.75 Å². The highest BCUT2D eigenvalue weighted by atomic mass is 35.5. The van der Waals surface area contributed by atoms with Crippen LogP contribution in [0.1, 0.15) is 30.0 Å². The largest absolute Gasteiger partial charge is 0.496 e. The van der Waals surface area contributed by atoms with Crippen LogP contribution >= 0.6 is 24.8 Å². The van der Waals surface area contributed by atoms with Crippen molar-refractivity contribution in [1.29, 1.82) is 0 Å². The van der Waals surface area contributed by atoms with Crippen LogP contribution in [-0.4, -0.2) is 24.3 Å². The predicted molar refractivity (Wildman–Crippen MR) is 146 cm³/mol. The molecule has 0 spiro atoms. The van der Waals surface area contributed by atoms with Crippen LogP contribution in [-0.2, 0) is 13.6 Å². The number of halogens is 2. The fourth-order valence-corrected chi connectivity index (χ4v) is 4.92. The Morgan fingerprint density at radius 3 is 2.53 bits per heavy atom. The second-order valence-corrected chi connectivity index (χ2v) is 8.70. The van der Waals surface area contributed by atoms with Crippen LogP contribution in [0.25, 0.3) is 22.0 Å². The summed E-state index contributed by atoms with van der Waals surface area (Å²) in [5.74, 6) is 0.932. The van der Waals surface area contributed by atoms with Crippen molar-refractivity contribution < 1.29 is 4.74 Å². The maximum absolute atomic E-state index is 5.70. The Bertz CT molecular complexity index is 1210. The number of fused-ring (bicyclic) bond motifs is 1. The maximum atomic E-state index is 5.70. The first-order valence-corrected chi connectivity index (χ1v) is 11.5. The van der Waals surface area contributed by atoms with Crippen LogP contribution in [0, 0.1) is 0 Å². The maximum Gasteiger partial charge on any atom is 0.123 e. The van der Waals surface area contributed by atoms with Crippen molar-refractivity contribution in [1.82, 2.24) is 15.2 Å². The molecule has 1 fully saturated rings. The molecule has 0 bridgehead atoms. The number of nitrogens with zero attached hydrogens (tertiary/aromatic N) is 1. The molecule has 3 aromatic carbocycles. The molecule has 2 heterocycles. The van der Waals surface area contributed by atoms with E-state index in [1.54, 1.807) is 7.11 Å². The summed E-state index contributed by atoms with van der Waals surface area (Å²) in [6.45, 7) is 1.85. The van der Waals surface area contributed by atoms with Crippen molar-refractivity contribution in [2.75, 3.05) is 13.7 Å². The van der Waals surface area contributed by atoms with E-state index < -0.39 is 0 Å². The van der Waals surface area contributed by atoms with Crippen LogP contribution in [0.15, 0.2) is 79.0 Å². The standard InChI is InChI=1S/C28H31N3O.2ClH/c1-31-16-14-23-17-21(10-12-26(23)31)22-11-13-27(32-2)24(18-22)19-30-25-9-6-15-29-28(25)20-7-4-3-5-8-20;;/h3-5,7-8,10-14,16-18,25,28-30H,6,9,15,19H2,1-2H3;2*1H/t25-,28-;;/m0../s1. The average Bonchev–Trinajstić information content (AvgIpc) is 3.23. The molecule has 1 aromatic heterocycles. The summed E-state index contributed by atoms with van der Waals surface area (Å²) in [6.07, 6.45) is 4.47. The van der Waals surface area contributed by atoms with Gasteiger partial charge in [-0.1, -0.05) is 42.5 Å². The smallest absolute Gasteiger partial charge is 0.123 e. The third-order valence-corrected chi connectivity index (χ3v) is 6.67. The molecule has 5 rings (SSSR count). The summed E-state index contributed by atoms with van der Waals surface area (Å²) in [5.41, 5.74) is 6.24. The Hall–Kier alpha value is -2.50. The minimum absolute atomic E-state index is 0. The molecule has 2 N–H and O–H groups in total. The topological polar surface area (TPSA) is 38.2 Å². The molecule has 0 aliphatic carbocycles. The Morgan fingerprint density at radius 2 is 1.74 bits per heavy atom. The fourth-order valence-electron chi connectivity index (χ4n) is 4.92. The average molecular weight is 498 g/mol. The number of nitrogens with one attached hydrogen (secondary N) is 2. The van der Waals surface area contributed by atoms with Gasteiger partial charge in [-0.2, -0.15) is 0 Å². The number of piperidine rings is 1. The lowest BCUT2D eigenvalue weighted by Gasteiger charge is -2.34. The van der Waals surface area contributed by atoms with E-state index in [1.807, 2.05) is 0 Å². The molecule has 4 nitrogen and oxygen atoms in total. The molecule has 0 saturated carbocycles. The van der Waals surface area contributed by atoms with Crippen LogP contribution < -0.4 is 15.4 Å². The molecule has 2 atom stereocenters. The van der Waals surface area contributed by atoms with E-state index in [9.17, 15) is 0 Å². The summed E-state index contributed by atoms with van der Waals surface area (Å²) >= 11 is 0. The molecule has 1 aliphatic rings. The Morgan fingerprint density at radius 1 is 0.971 bits per heavy atom. The van der Waals surface area contributed by atoms with Crippen molar-refractivity contribution in [2.24, 2.45) is 7.05 Å². The van der Waals surface area contributed by atoms with Crippen LogP contribution in [0.2, 0.25) is 0 Å². The Kier molecular flexibility index (Phi) is 9.03. The minimum Gasteiger partial charge on any atom is -0.496 e. The zero-order valence-electron chi connectivity index (χ0n) is 19.7. The quantitative estimate of drug-likeness (QED) is 0.329. The normalized spacial score (nSPS) is 17.6. The van der Waals surface area contributed by atoms with Gasteiger partial charge in [0.1, 0.15) is 5.75 Å². The van der Waals surface area contributed by atoms with Crippen molar-refractivity contribution in [2.45, 2.75) is 31.5 Å². The molecule has 34 heavy (non-hydrogen) atoms. The monoisotopic (exact) mass is 497 g/mol. The molecule has 1 aliphatic heterocycles. The first-order chi connectivity index (χ1) is 15.7. The number of hydrogen-bond acceptors (Lipinski definition) is 3. The zero-order valence-corrected chi connectivity index (χ0v) is 21.3. The summed E-state index contributed by atoms with van der Waals surface area (Å²) in [7, 11) is 3.84. The van der Waals surface area contributed by atoms with Gasteiger partial charge in [0.25, 0.3) is 0 Å². The summed E-state index contributed by atoms with van der Waals surface area (Å²) in [4.78, 5) is 0. The Balaban J connectivity index is 0.00000162. The molecular weight excluding hydrogens is 465 g/mol. The van der Waals surface area contributed by atoms with E-state index in [4.69, 9.17) is 4.74 Å². The molecule has 0 unspecified atom stereocenters. The summed E-state index contributed by atoms with van der Waals surface area (Å²) in [5, 5.41) is 8.80. The summed E-state index contributed by atoms with van der Waals surface area (Å²) < 4.78 is 7.86. The molecule has 1 saturated heterocycles. The van der Waals surface area contributed by atoms with Crippen molar-refractivity contribution in [3.8, 4) is 16.9 Å². The summed E-state index contributed by atoms with van der Waals surface area (Å²) in [6, 6.07) is 26.9. The molecule has 6 heteroatoms. The number of ether oxygens (including phenoxy) is 1. The molecule has 0 radical (unpaired) electrons. The predicted octanol–water partition coefficient (Wildman–Crippen LogP) is 6.28. The van der Waals surface area contributed by atoms with Crippen molar-refractivity contribution >= 4 is 35.7 Å². The number of hydrogen-bond donors (Lipinski definition) is 2. The minimum atomic E-state index is 0. The van der Waals surface area contributed by atoms with Crippen LogP contribution in [0.4, 0.5) is 0 Å². The van der Waals surface area contributed by atoms with E-state index in [-0.39, 0.29) is 24.8 Å². The first-order valence-electron chi connectivity index (χ1n) is 11.5. The van der Waals surface area contributed by atoms with E-state index in [1.165, 1.54) is 46.0 Å². The Labute approximate surface area is 214 Å². The third kappa shape index (κ3) is 5.42. The SMILES string of the molecule is COc1ccc(-c2ccc3c(ccn3C)c2)cc1CN[C@H]1CCCN[C@H]1c1ccccc1.Cl.Cl.